The van der Waals surface area contributed by atoms with Gasteiger partial charge in [0.15, 0.2) is 0 Å². The summed E-state index contributed by atoms with van der Waals surface area (Å²) in [5.74, 6) is 1.82. The van der Waals surface area contributed by atoms with Gasteiger partial charge in [0.25, 0.3) is 0 Å². The third-order valence-corrected chi connectivity index (χ3v) is 3.94. The second-order valence-electron chi connectivity index (χ2n) is 5.50. The van der Waals surface area contributed by atoms with Crippen molar-refractivity contribution < 1.29 is 9.53 Å². The molecule has 1 unspecified atom stereocenters. The number of benzene rings is 2. The van der Waals surface area contributed by atoms with E-state index < -0.39 is 0 Å². The Labute approximate surface area is 142 Å². The Hall–Kier alpha value is -2.04. The fourth-order valence-corrected chi connectivity index (χ4v) is 2.63. The van der Waals surface area contributed by atoms with Crippen molar-refractivity contribution in [2.24, 2.45) is 5.92 Å². The molecule has 1 atom stereocenters. The minimum Gasteiger partial charge on any atom is -0.457 e. The number of amides is 1. The molecule has 1 N–H and O–H groups in total. The number of para-hydroxylation sites is 1. The van der Waals surface area contributed by atoms with Crippen LogP contribution < -0.4 is 15.0 Å². The van der Waals surface area contributed by atoms with Gasteiger partial charge in [0, 0.05) is 19.3 Å². The van der Waals surface area contributed by atoms with E-state index in [0.29, 0.717) is 0 Å². The van der Waals surface area contributed by atoms with Gasteiger partial charge in [-0.05, 0) is 49.4 Å². The normalized spacial score (nSPS) is 16.5. The van der Waals surface area contributed by atoms with E-state index in [4.69, 9.17) is 4.74 Å². The molecule has 1 saturated heterocycles. The van der Waals surface area contributed by atoms with E-state index in [2.05, 4.69) is 5.32 Å². The smallest absolute Gasteiger partial charge is 0.231 e. The molecule has 0 saturated carbocycles. The fraction of sp³-hybridized carbons (Fsp3) is 0.278. The Morgan fingerprint density at radius 3 is 2.35 bits per heavy atom. The van der Waals surface area contributed by atoms with Gasteiger partial charge in [-0.25, -0.2) is 0 Å². The molecular formula is C18H21ClN2O2. The Morgan fingerprint density at radius 1 is 1.09 bits per heavy atom. The second kappa shape index (κ2) is 7.99. The average molecular weight is 333 g/mol. The van der Waals surface area contributed by atoms with Crippen LogP contribution in [0.2, 0.25) is 0 Å². The molecule has 0 aromatic heterocycles. The van der Waals surface area contributed by atoms with Crippen LogP contribution in [0.5, 0.6) is 11.5 Å². The molecule has 0 aliphatic carbocycles. The minimum atomic E-state index is 0. The summed E-state index contributed by atoms with van der Waals surface area (Å²) in [5.41, 5.74) is 0.886. The van der Waals surface area contributed by atoms with Crippen LogP contribution in [0, 0.1) is 5.92 Å². The molecular weight excluding hydrogens is 312 g/mol. The number of rotatable bonds is 4. The number of ether oxygens (including phenoxy) is 1. The highest BCUT2D eigenvalue weighted by molar-refractivity contribution is 5.94. The zero-order valence-corrected chi connectivity index (χ0v) is 13.9. The van der Waals surface area contributed by atoms with Gasteiger partial charge in [-0.2, -0.15) is 0 Å². The molecule has 1 aliphatic rings. The van der Waals surface area contributed by atoms with Gasteiger partial charge in [0.2, 0.25) is 5.91 Å². The lowest BCUT2D eigenvalue weighted by Crippen LogP contribution is -2.33. The fourth-order valence-electron chi connectivity index (χ4n) is 2.63. The molecule has 1 aliphatic heterocycles. The van der Waals surface area contributed by atoms with Crippen LogP contribution in [0.4, 0.5) is 5.69 Å². The third kappa shape index (κ3) is 4.24. The maximum Gasteiger partial charge on any atom is 0.231 e. The Morgan fingerprint density at radius 2 is 1.74 bits per heavy atom. The zero-order chi connectivity index (χ0) is 15.4. The predicted octanol–water partition coefficient (Wildman–Crippen LogP) is 3.47. The van der Waals surface area contributed by atoms with Gasteiger partial charge in [0.05, 0.1) is 5.92 Å². The SMILES string of the molecule is CN(C(=O)C1CCNC1)c1ccc(Oc2ccccc2)cc1.Cl. The van der Waals surface area contributed by atoms with Gasteiger partial charge in [-0.3, -0.25) is 4.79 Å². The number of carbonyl (C=O) groups excluding carboxylic acids is 1. The second-order valence-corrected chi connectivity index (χ2v) is 5.50. The summed E-state index contributed by atoms with van der Waals surface area (Å²) in [6.07, 6.45) is 0.915. The average Bonchev–Trinajstić information content (AvgIpc) is 3.10. The van der Waals surface area contributed by atoms with Crippen LogP contribution in [0.1, 0.15) is 6.42 Å². The molecule has 23 heavy (non-hydrogen) atoms. The van der Waals surface area contributed by atoms with E-state index in [-0.39, 0.29) is 24.2 Å². The van der Waals surface area contributed by atoms with Crippen molar-refractivity contribution in [1.29, 1.82) is 0 Å². The summed E-state index contributed by atoms with van der Waals surface area (Å²) < 4.78 is 5.76. The van der Waals surface area contributed by atoms with Gasteiger partial charge < -0.3 is 15.0 Å². The van der Waals surface area contributed by atoms with Crippen molar-refractivity contribution in [2.45, 2.75) is 6.42 Å². The summed E-state index contributed by atoms with van der Waals surface area (Å²) in [4.78, 5) is 14.1. The first kappa shape index (κ1) is 17.3. The highest BCUT2D eigenvalue weighted by atomic mass is 35.5. The molecule has 3 rings (SSSR count). The van der Waals surface area contributed by atoms with Gasteiger partial charge in [0.1, 0.15) is 11.5 Å². The van der Waals surface area contributed by atoms with Crippen molar-refractivity contribution in [3.63, 3.8) is 0 Å². The molecule has 0 spiro atoms. The molecule has 1 heterocycles. The highest BCUT2D eigenvalue weighted by Crippen LogP contribution is 2.25. The van der Waals surface area contributed by atoms with E-state index >= 15 is 0 Å². The van der Waals surface area contributed by atoms with Crippen molar-refractivity contribution >= 4 is 24.0 Å². The standard InChI is InChI=1S/C18H20N2O2.ClH/c1-20(18(21)14-11-12-19-13-14)15-7-9-17(10-8-15)22-16-5-3-2-4-6-16;/h2-10,14,19H,11-13H2,1H3;1H. The first-order valence-electron chi connectivity index (χ1n) is 7.55. The number of hydrogen-bond donors (Lipinski definition) is 1. The lowest BCUT2D eigenvalue weighted by atomic mass is 10.1. The number of hydrogen-bond acceptors (Lipinski definition) is 3. The topological polar surface area (TPSA) is 41.6 Å². The number of anilines is 1. The summed E-state index contributed by atoms with van der Waals surface area (Å²) in [6, 6.07) is 17.3. The number of halogens is 1. The summed E-state index contributed by atoms with van der Waals surface area (Å²) in [6.45, 7) is 1.70. The minimum absolute atomic E-state index is 0. The van der Waals surface area contributed by atoms with E-state index in [1.165, 1.54) is 0 Å². The highest BCUT2D eigenvalue weighted by Gasteiger charge is 2.25. The van der Waals surface area contributed by atoms with Gasteiger partial charge >= 0.3 is 0 Å². The maximum atomic E-state index is 12.4. The monoisotopic (exact) mass is 332 g/mol. The molecule has 2 aromatic carbocycles. The Kier molecular flexibility index (Phi) is 6.02. The Balaban J connectivity index is 0.00000192. The van der Waals surface area contributed by atoms with E-state index in [1.807, 2.05) is 61.6 Å². The van der Waals surface area contributed by atoms with Crippen molar-refractivity contribution in [3.8, 4) is 11.5 Å². The maximum absolute atomic E-state index is 12.4. The number of nitrogens with zero attached hydrogens (tertiary/aromatic N) is 1. The molecule has 4 nitrogen and oxygen atoms in total. The van der Waals surface area contributed by atoms with Crippen LogP contribution in [-0.2, 0) is 4.79 Å². The van der Waals surface area contributed by atoms with Gasteiger partial charge in [-0.15, -0.1) is 12.4 Å². The summed E-state index contributed by atoms with van der Waals surface area (Å²) in [7, 11) is 1.83. The van der Waals surface area contributed by atoms with E-state index in [9.17, 15) is 4.79 Å². The molecule has 122 valence electrons. The summed E-state index contributed by atoms with van der Waals surface area (Å²) >= 11 is 0. The predicted molar refractivity (Wildman–Crippen MR) is 94.6 cm³/mol. The lowest BCUT2D eigenvalue weighted by molar-refractivity contribution is -0.121. The molecule has 0 bridgehead atoms. The molecule has 1 amide bonds. The third-order valence-electron chi connectivity index (χ3n) is 3.94. The van der Waals surface area contributed by atoms with Crippen LogP contribution in [0.25, 0.3) is 0 Å². The van der Waals surface area contributed by atoms with E-state index in [0.717, 1.165) is 36.7 Å². The lowest BCUT2D eigenvalue weighted by Gasteiger charge is -2.21. The first-order chi connectivity index (χ1) is 10.7. The molecule has 1 fully saturated rings. The van der Waals surface area contributed by atoms with Gasteiger partial charge in [-0.1, -0.05) is 18.2 Å². The van der Waals surface area contributed by atoms with Crippen LogP contribution in [-0.4, -0.2) is 26.0 Å². The number of nitrogens with one attached hydrogen (secondary N) is 1. The molecule has 5 heteroatoms. The molecule has 0 radical (unpaired) electrons. The van der Waals surface area contributed by atoms with Crippen molar-refractivity contribution in [1.82, 2.24) is 5.32 Å². The van der Waals surface area contributed by atoms with Crippen LogP contribution >= 0.6 is 12.4 Å². The van der Waals surface area contributed by atoms with Crippen LogP contribution in [0.15, 0.2) is 54.6 Å². The van der Waals surface area contributed by atoms with E-state index in [1.54, 1.807) is 4.90 Å². The molecule has 2 aromatic rings. The first-order valence-corrected chi connectivity index (χ1v) is 7.55. The zero-order valence-electron chi connectivity index (χ0n) is 13.1. The largest absolute Gasteiger partial charge is 0.457 e. The van der Waals surface area contributed by atoms with Crippen molar-refractivity contribution in [3.05, 3.63) is 54.6 Å². The van der Waals surface area contributed by atoms with Crippen LogP contribution in [0.3, 0.4) is 0 Å². The Bertz CT molecular complexity index is 625. The number of carbonyl (C=O) groups is 1. The quantitative estimate of drug-likeness (QED) is 0.932. The summed E-state index contributed by atoms with van der Waals surface area (Å²) in [5, 5.41) is 3.23. The van der Waals surface area contributed by atoms with Crippen molar-refractivity contribution in [2.75, 3.05) is 25.0 Å².